The fourth-order valence-electron chi connectivity index (χ4n) is 1.09. The summed E-state index contributed by atoms with van der Waals surface area (Å²) in [7, 11) is 0. The Bertz CT molecular complexity index is 281. The second-order valence-corrected chi connectivity index (χ2v) is 2.82. The van der Waals surface area contributed by atoms with Gasteiger partial charge in [0.2, 0.25) is 0 Å². The van der Waals surface area contributed by atoms with Gasteiger partial charge in [0.25, 0.3) is 0 Å². The SMILES string of the molecule is C=Cc1cccc(OCCOCC)c1. The zero-order valence-corrected chi connectivity index (χ0v) is 8.53. The summed E-state index contributed by atoms with van der Waals surface area (Å²) in [6.45, 7) is 7.63. The van der Waals surface area contributed by atoms with Crippen molar-refractivity contribution in [2.45, 2.75) is 6.92 Å². The van der Waals surface area contributed by atoms with Gasteiger partial charge in [0, 0.05) is 6.61 Å². The van der Waals surface area contributed by atoms with Crippen LogP contribution in [0.2, 0.25) is 0 Å². The summed E-state index contributed by atoms with van der Waals surface area (Å²) in [6.07, 6.45) is 1.80. The molecule has 1 rings (SSSR count). The lowest BCUT2D eigenvalue weighted by atomic mass is 10.2. The molecule has 0 saturated carbocycles. The van der Waals surface area contributed by atoms with Crippen molar-refractivity contribution in [2.75, 3.05) is 19.8 Å². The van der Waals surface area contributed by atoms with Gasteiger partial charge in [-0.05, 0) is 24.6 Å². The molecule has 0 aliphatic rings. The topological polar surface area (TPSA) is 18.5 Å². The molecule has 14 heavy (non-hydrogen) atoms. The van der Waals surface area contributed by atoms with Crippen LogP contribution in [0.1, 0.15) is 12.5 Å². The zero-order chi connectivity index (χ0) is 10.2. The molecule has 0 N–H and O–H groups in total. The van der Waals surface area contributed by atoms with Gasteiger partial charge in [0.1, 0.15) is 12.4 Å². The molecule has 2 nitrogen and oxygen atoms in total. The van der Waals surface area contributed by atoms with Crippen LogP contribution < -0.4 is 4.74 Å². The summed E-state index contributed by atoms with van der Waals surface area (Å²) in [5, 5.41) is 0. The van der Waals surface area contributed by atoms with E-state index in [9.17, 15) is 0 Å². The lowest BCUT2D eigenvalue weighted by molar-refractivity contribution is 0.110. The molecule has 1 aromatic carbocycles. The van der Waals surface area contributed by atoms with Crippen molar-refractivity contribution in [2.24, 2.45) is 0 Å². The third-order valence-corrected chi connectivity index (χ3v) is 1.79. The van der Waals surface area contributed by atoms with Crippen LogP contribution in [0.4, 0.5) is 0 Å². The minimum absolute atomic E-state index is 0.592. The van der Waals surface area contributed by atoms with Crippen LogP contribution in [-0.4, -0.2) is 19.8 Å². The molecule has 2 heteroatoms. The maximum Gasteiger partial charge on any atom is 0.120 e. The third-order valence-electron chi connectivity index (χ3n) is 1.79. The van der Waals surface area contributed by atoms with Crippen LogP contribution in [0.3, 0.4) is 0 Å². The molecule has 0 radical (unpaired) electrons. The molecule has 0 unspecified atom stereocenters. The van der Waals surface area contributed by atoms with E-state index in [0.29, 0.717) is 13.2 Å². The highest BCUT2D eigenvalue weighted by molar-refractivity contribution is 5.49. The Morgan fingerprint density at radius 3 is 2.93 bits per heavy atom. The molecular weight excluding hydrogens is 176 g/mol. The van der Waals surface area contributed by atoms with E-state index in [-0.39, 0.29) is 0 Å². The highest BCUT2D eigenvalue weighted by Crippen LogP contribution is 2.13. The zero-order valence-electron chi connectivity index (χ0n) is 8.53. The quantitative estimate of drug-likeness (QED) is 0.645. The smallest absolute Gasteiger partial charge is 0.120 e. The first kappa shape index (κ1) is 10.8. The molecule has 0 saturated heterocycles. The van der Waals surface area contributed by atoms with Gasteiger partial charge < -0.3 is 9.47 Å². The van der Waals surface area contributed by atoms with Crippen LogP contribution in [0, 0.1) is 0 Å². The molecule has 0 amide bonds. The third kappa shape index (κ3) is 3.62. The highest BCUT2D eigenvalue weighted by atomic mass is 16.5. The van der Waals surface area contributed by atoms with Gasteiger partial charge in [-0.1, -0.05) is 24.8 Å². The number of hydrogen-bond acceptors (Lipinski definition) is 2. The second kappa shape index (κ2) is 6.22. The Morgan fingerprint density at radius 1 is 1.36 bits per heavy atom. The summed E-state index contributed by atoms with van der Waals surface area (Å²) in [6, 6.07) is 7.83. The van der Waals surface area contributed by atoms with Gasteiger partial charge in [-0.15, -0.1) is 0 Å². The first-order chi connectivity index (χ1) is 6.86. The van der Waals surface area contributed by atoms with E-state index < -0.39 is 0 Å². The van der Waals surface area contributed by atoms with Gasteiger partial charge in [0.15, 0.2) is 0 Å². The predicted molar refractivity (Wildman–Crippen MR) is 58.5 cm³/mol. The molecule has 0 atom stereocenters. The Labute approximate surface area is 85.2 Å². The van der Waals surface area contributed by atoms with Gasteiger partial charge in [-0.3, -0.25) is 0 Å². The van der Waals surface area contributed by atoms with Crippen LogP contribution >= 0.6 is 0 Å². The number of ether oxygens (including phenoxy) is 2. The monoisotopic (exact) mass is 192 g/mol. The van der Waals surface area contributed by atoms with Gasteiger partial charge in [0.05, 0.1) is 6.61 Å². The van der Waals surface area contributed by atoms with Crippen LogP contribution in [0.25, 0.3) is 6.08 Å². The summed E-state index contributed by atoms with van der Waals surface area (Å²) < 4.78 is 10.6. The van der Waals surface area contributed by atoms with Crippen molar-refractivity contribution in [3.8, 4) is 5.75 Å². The van der Waals surface area contributed by atoms with E-state index in [4.69, 9.17) is 9.47 Å². The standard InChI is InChI=1S/C12H16O2/c1-3-11-6-5-7-12(10-11)14-9-8-13-4-2/h3,5-7,10H,1,4,8-9H2,2H3. The predicted octanol–water partition coefficient (Wildman–Crippen LogP) is 2.74. The summed E-state index contributed by atoms with van der Waals surface area (Å²) in [4.78, 5) is 0. The van der Waals surface area contributed by atoms with Crippen LogP contribution in [-0.2, 0) is 4.74 Å². The fourth-order valence-corrected chi connectivity index (χ4v) is 1.09. The number of hydrogen-bond donors (Lipinski definition) is 0. The maximum absolute atomic E-state index is 5.48. The molecule has 0 aromatic heterocycles. The summed E-state index contributed by atoms with van der Waals surface area (Å²) >= 11 is 0. The lowest BCUT2D eigenvalue weighted by Gasteiger charge is -2.06. The van der Waals surface area contributed by atoms with E-state index in [0.717, 1.165) is 17.9 Å². The first-order valence-electron chi connectivity index (χ1n) is 4.80. The lowest BCUT2D eigenvalue weighted by Crippen LogP contribution is -2.06. The van der Waals surface area contributed by atoms with Crippen molar-refractivity contribution in [1.82, 2.24) is 0 Å². The highest BCUT2D eigenvalue weighted by Gasteiger charge is 1.93. The molecule has 76 valence electrons. The summed E-state index contributed by atoms with van der Waals surface area (Å²) in [5.74, 6) is 0.863. The van der Waals surface area contributed by atoms with Crippen molar-refractivity contribution >= 4 is 6.08 Å². The van der Waals surface area contributed by atoms with Crippen molar-refractivity contribution < 1.29 is 9.47 Å². The molecular formula is C12H16O2. The minimum atomic E-state index is 0.592. The average Bonchev–Trinajstić information content (AvgIpc) is 2.25. The Balaban J connectivity index is 2.38. The molecule has 0 fully saturated rings. The molecule has 0 aliphatic carbocycles. The van der Waals surface area contributed by atoms with Gasteiger partial charge >= 0.3 is 0 Å². The normalized spacial score (nSPS) is 9.79. The molecule has 1 aromatic rings. The maximum atomic E-state index is 5.48. The summed E-state index contributed by atoms with van der Waals surface area (Å²) in [5.41, 5.74) is 1.07. The van der Waals surface area contributed by atoms with E-state index in [1.807, 2.05) is 31.2 Å². The number of benzene rings is 1. The molecule has 0 aliphatic heterocycles. The Hall–Kier alpha value is -1.28. The first-order valence-corrected chi connectivity index (χ1v) is 4.80. The largest absolute Gasteiger partial charge is 0.491 e. The minimum Gasteiger partial charge on any atom is -0.491 e. The van der Waals surface area contributed by atoms with Crippen molar-refractivity contribution in [3.05, 3.63) is 36.4 Å². The van der Waals surface area contributed by atoms with E-state index in [1.165, 1.54) is 0 Å². The van der Waals surface area contributed by atoms with Gasteiger partial charge in [-0.2, -0.15) is 0 Å². The Morgan fingerprint density at radius 2 is 2.21 bits per heavy atom. The fraction of sp³-hybridized carbons (Fsp3) is 0.333. The van der Waals surface area contributed by atoms with Crippen LogP contribution in [0.5, 0.6) is 5.75 Å². The van der Waals surface area contributed by atoms with Crippen LogP contribution in [0.15, 0.2) is 30.8 Å². The van der Waals surface area contributed by atoms with Crippen molar-refractivity contribution in [1.29, 1.82) is 0 Å². The molecule has 0 spiro atoms. The van der Waals surface area contributed by atoms with E-state index >= 15 is 0 Å². The van der Waals surface area contributed by atoms with Crippen molar-refractivity contribution in [3.63, 3.8) is 0 Å². The molecule has 0 bridgehead atoms. The Kier molecular flexibility index (Phi) is 4.79. The van der Waals surface area contributed by atoms with E-state index in [2.05, 4.69) is 6.58 Å². The molecule has 0 heterocycles. The second-order valence-electron chi connectivity index (χ2n) is 2.82. The van der Waals surface area contributed by atoms with Gasteiger partial charge in [-0.25, -0.2) is 0 Å². The van der Waals surface area contributed by atoms with E-state index in [1.54, 1.807) is 6.08 Å². The average molecular weight is 192 g/mol. The number of rotatable bonds is 6.